The molecule has 13 heavy (non-hydrogen) atoms. The standard InChI is InChI=1S/C12H14.Zr/c1-9(2)11-7-3-5-10-6-4-8-12(10)11;/h3-5,7-9H,6H2,1-2H3;. The third kappa shape index (κ3) is 2.02. The molecule has 0 N–H and O–H groups in total. The van der Waals surface area contributed by atoms with Gasteiger partial charge in [0.2, 0.25) is 0 Å². The molecule has 1 aromatic carbocycles. The quantitative estimate of drug-likeness (QED) is 0.716. The topological polar surface area (TPSA) is 0 Å². The van der Waals surface area contributed by atoms with E-state index in [1.165, 1.54) is 16.7 Å². The molecule has 0 fully saturated rings. The summed E-state index contributed by atoms with van der Waals surface area (Å²) in [6.45, 7) is 4.50. The molecule has 0 radical (unpaired) electrons. The smallest absolute Gasteiger partial charge is 0 e. The Bertz CT molecular complexity index is 324. The Kier molecular flexibility index (Phi) is 3.67. The number of benzene rings is 1. The van der Waals surface area contributed by atoms with Crippen LogP contribution in [-0.4, -0.2) is 0 Å². The first kappa shape index (κ1) is 10.9. The van der Waals surface area contributed by atoms with Crippen molar-refractivity contribution in [2.75, 3.05) is 0 Å². The summed E-state index contributed by atoms with van der Waals surface area (Å²) in [4.78, 5) is 0. The van der Waals surface area contributed by atoms with Gasteiger partial charge in [-0.25, -0.2) is 0 Å². The van der Waals surface area contributed by atoms with Crippen LogP contribution < -0.4 is 0 Å². The van der Waals surface area contributed by atoms with Gasteiger partial charge >= 0.3 is 0 Å². The van der Waals surface area contributed by atoms with Gasteiger partial charge in [0.15, 0.2) is 0 Å². The average Bonchev–Trinajstić information content (AvgIpc) is 2.49. The molecule has 0 aromatic heterocycles. The van der Waals surface area contributed by atoms with Crippen LogP contribution in [0.4, 0.5) is 0 Å². The van der Waals surface area contributed by atoms with Crippen LogP contribution in [-0.2, 0) is 32.6 Å². The van der Waals surface area contributed by atoms with Gasteiger partial charge in [0.25, 0.3) is 0 Å². The predicted octanol–water partition coefficient (Wildman–Crippen LogP) is 3.38. The van der Waals surface area contributed by atoms with Gasteiger partial charge in [-0.3, -0.25) is 0 Å². The van der Waals surface area contributed by atoms with E-state index in [1.54, 1.807) is 0 Å². The minimum atomic E-state index is 0. The third-order valence-corrected chi connectivity index (χ3v) is 2.47. The predicted molar refractivity (Wildman–Crippen MR) is 53.3 cm³/mol. The average molecular weight is 249 g/mol. The van der Waals surface area contributed by atoms with E-state index in [9.17, 15) is 0 Å². The van der Waals surface area contributed by atoms with Crippen LogP contribution in [0.5, 0.6) is 0 Å². The maximum Gasteiger partial charge on any atom is 0 e. The van der Waals surface area contributed by atoms with Crippen LogP contribution in [0.1, 0.15) is 36.5 Å². The summed E-state index contributed by atoms with van der Waals surface area (Å²) >= 11 is 0. The fourth-order valence-corrected chi connectivity index (χ4v) is 1.82. The molecule has 0 atom stereocenters. The molecule has 0 saturated carbocycles. The Labute approximate surface area is 99.2 Å². The SMILES string of the molecule is CC(C)c1cccc2c1C=CC2.[Zr]. The maximum atomic E-state index is 2.25. The Morgan fingerprint density at radius 1 is 1.23 bits per heavy atom. The second-order valence-corrected chi connectivity index (χ2v) is 3.68. The molecular formula is C12H14Zr. The summed E-state index contributed by atoms with van der Waals surface area (Å²) in [5.41, 5.74) is 4.44. The minimum absolute atomic E-state index is 0. The molecule has 0 bridgehead atoms. The summed E-state index contributed by atoms with van der Waals surface area (Å²) < 4.78 is 0. The van der Waals surface area contributed by atoms with Crippen LogP contribution in [0, 0.1) is 0 Å². The molecule has 1 aliphatic carbocycles. The zero-order valence-electron chi connectivity index (χ0n) is 8.17. The van der Waals surface area contributed by atoms with E-state index in [-0.39, 0.29) is 26.2 Å². The van der Waals surface area contributed by atoms with Crippen LogP contribution >= 0.6 is 0 Å². The van der Waals surface area contributed by atoms with Gasteiger partial charge in [-0.1, -0.05) is 44.2 Å². The zero-order valence-corrected chi connectivity index (χ0v) is 10.6. The Morgan fingerprint density at radius 3 is 2.69 bits per heavy atom. The number of rotatable bonds is 1. The van der Waals surface area contributed by atoms with E-state index in [0.717, 1.165) is 6.42 Å². The van der Waals surface area contributed by atoms with E-state index in [4.69, 9.17) is 0 Å². The number of allylic oxidation sites excluding steroid dienone is 1. The minimum Gasteiger partial charge on any atom is -0.0795 e. The molecule has 0 amide bonds. The first-order valence-corrected chi connectivity index (χ1v) is 4.57. The Balaban J connectivity index is 0.000000845. The largest absolute Gasteiger partial charge is 0.0795 e. The summed E-state index contributed by atoms with van der Waals surface area (Å²) in [6, 6.07) is 6.63. The summed E-state index contributed by atoms with van der Waals surface area (Å²) in [5, 5.41) is 0. The third-order valence-electron chi connectivity index (χ3n) is 2.47. The van der Waals surface area contributed by atoms with Crippen molar-refractivity contribution in [2.45, 2.75) is 26.2 Å². The van der Waals surface area contributed by atoms with E-state index in [0.29, 0.717) is 5.92 Å². The van der Waals surface area contributed by atoms with Crippen LogP contribution in [0.15, 0.2) is 24.3 Å². The second-order valence-electron chi connectivity index (χ2n) is 3.68. The second kappa shape index (κ2) is 4.37. The van der Waals surface area contributed by atoms with Crippen LogP contribution in [0.25, 0.3) is 6.08 Å². The van der Waals surface area contributed by atoms with Gasteiger partial charge in [-0.15, -0.1) is 0 Å². The van der Waals surface area contributed by atoms with Crippen molar-refractivity contribution in [1.29, 1.82) is 0 Å². The van der Waals surface area contributed by atoms with Gasteiger partial charge < -0.3 is 0 Å². The van der Waals surface area contributed by atoms with Crippen molar-refractivity contribution < 1.29 is 26.2 Å². The number of hydrogen-bond donors (Lipinski definition) is 0. The zero-order chi connectivity index (χ0) is 8.55. The van der Waals surface area contributed by atoms with Gasteiger partial charge in [0.05, 0.1) is 0 Å². The Hall–Kier alpha value is -0.157. The Morgan fingerprint density at radius 2 is 2.00 bits per heavy atom. The molecule has 2 rings (SSSR count). The summed E-state index contributed by atoms with van der Waals surface area (Å²) in [6.07, 6.45) is 5.62. The van der Waals surface area contributed by atoms with Gasteiger partial charge in [-0.2, -0.15) is 0 Å². The van der Waals surface area contributed by atoms with E-state index in [2.05, 4.69) is 44.2 Å². The molecule has 1 aliphatic rings. The molecular weight excluding hydrogens is 235 g/mol. The van der Waals surface area contributed by atoms with Crippen molar-refractivity contribution in [3.05, 3.63) is 41.0 Å². The molecule has 0 aliphatic heterocycles. The number of fused-ring (bicyclic) bond motifs is 1. The molecule has 0 saturated heterocycles. The molecule has 1 heteroatoms. The van der Waals surface area contributed by atoms with E-state index >= 15 is 0 Å². The van der Waals surface area contributed by atoms with Crippen LogP contribution in [0.3, 0.4) is 0 Å². The summed E-state index contributed by atoms with van der Waals surface area (Å²) in [7, 11) is 0. The van der Waals surface area contributed by atoms with Gasteiger partial charge in [-0.05, 0) is 29.0 Å². The van der Waals surface area contributed by atoms with E-state index < -0.39 is 0 Å². The fourth-order valence-electron chi connectivity index (χ4n) is 1.82. The van der Waals surface area contributed by atoms with Crippen LogP contribution in [0.2, 0.25) is 0 Å². The van der Waals surface area contributed by atoms with Crippen molar-refractivity contribution in [3.8, 4) is 0 Å². The number of hydrogen-bond acceptors (Lipinski definition) is 0. The molecule has 0 spiro atoms. The van der Waals surface area contributed by atoms with Crippen molar-refractivity contribution in [2.24, 2.45) is 0 Å². The summed E-state index contributed by atoms with van der Waals surface area (Å²) in [5.74, 6) is 0.641. The van der Waals surface area contributed by atoms with Crippen molar-refractivity contribution >= 4 is 6.08 Å². The first-order chi connectivity index (χ1) is 5.79. The van der Waals surface area contributed by atoms with Gasteiger partial charge in [0.1, 0.15) is 0 Å². The molecule has 0 nitrogen and oxygen atoms in total. The normalized spacial score (nSPS) is 12.8. The molecule has 1 aromatic rings. The van der Waals surface area contributed by atoms with Gasteiger partial charge in [0, 0.05) is 26.2 Å². The fraction of sp³-hybridized carbons (Fsp3) is 0.333. The maximum absolute atomic E-state index is 2.25. The van der Waals surface area contributed by atoms with E-state index in [1.807, 2.05) is 0 Å². The molecule has 0 unspecified atom stereocenters. The monoisotopic (exact) mass is 248 g/mol. The first-order valence-electron chi connectivity index (χ1n) is 4.57. The molecule has 66 valence electrons. The van der Waals surface area contributed by atoms with Crippen molar-refractivity contribution in [1.82, 2.24) is 0 Å². The van der Waals surface area contributed by atoms with Crippen molar-refractivity contribution in [3.63, 3.8) is 0 Å². The molecule has 0 heterocycles.